The molecule has 8 nitrogen and oxygen atoms in total. The summed E-state index contributed by atoms with van der Waals surface area (Å²) in [5.41, 5.74) is 3.98. The van der Waals surface area contributed by atoms with Crippen LogP contribution in [0, 0.1) is 5.82 Å². The summed E-state index contributed by atoms with van der Waals surface area (Å²) >= 11 is 0. The number of halogens is 1. The van der Waals surface area contributed by atoms with Gasteiger partial charge in [-0.25, -0.2) is 24.6 Å². The fourth-order valence-corrected chi connectivity index (χ4v) is 4.01. The predicted molar refractivity (Wildman–Crippen MR) is 108 cm³/mol. The largest absolute Gasteiger partial charge is 0.339 e. The molecule has 3 aromatic rings. The van der Waals surface area contributed by atoms with Gasteiger partial charge in [-0.2, -0.15) is 0 Å². The highest BCUT2D eigenvalue weighted by Crippen LogP contribution is 2.31. The molecule has 2 N–H and O–H groups in total. The van der Waals surface area contributed by atoms with Crippen molar-refractivity contribution in [1.82, 2.24) is 25.7 Å². The minimum absolute atomic E-state index is 0.106. The molecule has 1 aromatic heterocycles. The van der Waals surface area contributed by atoms with Gasteiger partial charge in [-0.05, 0) is 29.3 Å². The lowest BCUT2D eigenvalue weighted by Crippen LogP contribution is -2.62. The molecule has 0 unspecified atom stereocenters. The summed E-state index contributed by atoms with van der Waals surface area (Å²) in [4.78, 5) is 40.4. The number of nitrogens with one attached hydrogen (secondary N) is 2. The summed E-state index contributed by atoms with van der Waals surface area (Å²) in [5, 5.41) is 2.92. The molecule has 1 saturated heterocycles. The van der Waals surface area contributed by atoms with Crippen molar-refractivity contribution in [3.63, 3.8) is 0 Å². The van der Waals surface area contributed by atoms with E-state index < -0.39 is 17.4 Å². The van der Waals surface area contributed by atoms with Crippen LogP contribution in [0.2, 0.25) is 0 Å². The van der Waals surface area contributed by atoms with Crippen LogP contribution in [0.4, 0.5) is 9.18 Å². The molecule has 3 heterocycles. The Bertz CT molecular complexity index is 1160. The van der Waals surface area contributed by atoms with Crippen molar-refractivity contribution in [3.05, 3.63) is 83.4 Å². The number of amides is 3. The number of hydroxylamine groups is 1. The molecular formula is C22H18FN5O3. The van der Waals surface area contributed by atoms with Gasteiger partial charge in [0.1, 0.15) is 18.0 Å². The van der Waals surface area contributed by atoms with E-state index in [1.807, 2.05) is 24.3 Å². The smallest absolute Gasteiger partial charge is 0.331 e. The maximum Gasteiger partial charge on any atom is 0.339 e. The maximum absolute atomic E-state index is 13.6. The Hall–Kier alpha value is -3.85. The van der Waals surface area contributed by atoms with E-state index in [1.54, 1.807) is 29.4 Å². The highest BCUT2D eigenvalue weighted by molar-refractivity contribution is 5.98. The topological polar surface area (TPSA) is 96.5 Å². The lowest BCUT2D eigenvalue weighted by Gasteiger charge is -2.40. The number of aromatic nitrogens is 2. The van der Waals surface area contributed by atoms with E-state index in [2.05, 4.69) is 20.8 Å². The molecule has 31 heavy (non-hydrogen) atoms. The number of fused-ring (bicyclic) bond motifs is 1. The summed E-state index contributed by atoms with van der Waals surface area (Å²) in [7, 11) is 0. The molecule has 2 aliphatic rings. The predicted octanol–water partition coefficient (Wildman–Crippen LogP) is 2.38. The number of nitrogens with zero attached hydrogens (tertiary/aromatic N) is 3. The first-order valence-electron chi connectivity index (χ1n) is 9.70. The van der Waals surface area contributed by atoms with E-state index >= 15 is 0 Å². The number of hydrogen-bond donors (Lipinski definition) is 2. The Morgan fingerprint density at radius 2 is 1.87 bits per heavy atom. The second-order valence-corrected chi connectivity index (χ2v) is 7.54. The maximum atomic E-state index is 13.6. The van der Waals surface area contributed by atoms with Crippen molar-refractivity contribution in [2.75, 3.05) is 13.2 Å². The van der Waals surface area contributed by atoms with E-state index in [1.165, 1.54) is 12.1 Å². The van der Waals surface area contributed by atoms with Crippen LogP contribution in [0.3, 0.4) is 0 Å². The van der Waals surface area contributed by atoms with Crippen molar-refractivity contribution in [2.45, 2.75) is 12.1 Å². The summed E-state index contributed by atoms with van der Waals surface area (Å²) in [6, 6.07) is 12.9. The molecule has 0 radical (unpaired) electrons. The van der Waals surface area contributed by atoms with Gasteiger partial charge in [-0.1, -0.05) is 30.3 Å². The highest BCUT2D eigenvalue weighted by Gasteiger charge is 2.42. The van der Waals surface area contributed by atoms with Crippen LogP contribution < -0.4 is 10.8 Å². The highest BCUT2D eigenvalue weighted by atomic mass is 19.1. The van der Waals surface area contributed by atoms with Crippen LogP contribution in [-0.2, 0) is 16.9 Å². The van der Waals surface area contributed by atoms with E-state index in [0.29, 0.717) is 17.9 Å². The molecule has 0 aliphatic carbocycles. The fraction of sp³-hybridized carbons (Fsp3) is 0.182. The van der Waals surface area contributed by atoms with E-state index in [0.717, 1.165) is 16.7 Å². The van der Waals surface area contributed by atoms with Crippen LogP contribution in [-0.4, -0.2) is 40.0 Å². The standard InChI is InChI=1S/C22H18FN5O3/c23-17-7-4-15-11-28(20(29)18(15)10-17)12-22(13-31-27-21(30)26-22)16-5-2-14(3-6-16)19-24-8-1-9-25-19/h1-10H,11-13H2,(H2,26,27,30)/t22-/m1/s1. The van der Waals surface area contributed by atoms with Gasteiger partial charge in [0, 0.05) is 30.1 Å². The number of urea groups is 1. The summed E-state index contributed by atoms with van der Waals surface area (Å²) in [6.07, 6.45) is 3.33. The van der Waals surface area contributed by atoms with Gasteiger partial charge in [0.25, 0.3) is 5.91 Å². The Kier molecular flexibility index (Phi) is 4.59. The third kappa shape index (κ3) is 3.49. The normalized spacial score (nSPS) is 20.2. The zero-order valence-electron chi connectivity index (χ0n) is 16.3. The van der Waals surface area contributed by atoms with Crippen molar-refractivity contribution in [1.29, 1.82) is 0 Å². The Balaban J connectivity index is 1.46. The van der Waals surface area contributed by atoms with E-state index in [-0.39, 0.29) is 19.1 Å². The van der Waals surface area contributed by atoms with Crippen molar-refractivity contribution in [2.24, 2.45) is 0 Å². The average Bonchev–Trinajstić information content (AvgIpc) is 3.09. The Morgan fingerprint density at radius 3 is 2.61 bits per heavy atom. The van der Waals surface area contributed by atoms with Gasteiger partial charge in [0.05, 0.1) is 6.54 Å². The number of carbonyl (C=O) groups excluding carboxylic acids is 2. The zero-order chi connectivity index (χ0) is 21.4. The van der Waals surface area contributed by atoms with Crippen molar-refractivity contribution in [3.8, 4) is 11.4 Å². The number of benzene rings is 2. The van der Waals surface area contributed by atoms with Gasteiger partial charge in [0.2, 0.25) is 0 Å². The van der Waals surface area contributed by atoms with Crippen LogP contribution in [0.25, 0.3) is 11.4 Å². The molecule has 0 bridgehead atoms. The molecule has 5 rings (SSSR count). The summed E-state index contributed by atoms with van der Waals surface area (Å²) < 4.78 is 13.6. The van der Waals surface area contributed by atoms with Crippen LogP contribution >= 0.6 is 0 Å². The molecule has 2 aliphatic heterocycles. The van der Waals surface area contributed by atoms with Gasteiger partial charge in [0.15, 0.2) is 5.82 Å². The molecule has 0 saturated carbocycles. The lowest BCUT2D eigenvalue weighted by molar-refractivity contribution is -0.0221. The fourth-order valence-electron chi connectivity index (χ4n) is 4.01. The minimum Gasteiger partial charge on any atom is -0.331 e. The number of hydrogen-bond acceptors (Lipinski definition) is 5. The quantitative estimate of drug-likeness (QED) is 0.677. The van der Waals surface area contributed by atoms with Crippen LogP contribution in [0.5, 0.6) is 0 Å². The van der Waals surface area contributed by atoms with Crippen LogP contribution in [0.15, 0.2) is 60.9 Å². The first-order valence-corrected chi connectivity index (χ1v) is 9.70. The van der Waals surface area contributed by atoms with E-state index in [9.17, 15) is 14.0 Å². The van der Waals surface area contributed by atoms with Crippen molar-refractivity contribution < 1.29 is 18.8 Å². The van der Waals surface area contributed by atoms with Gasteiger partial charge >= 0.3 is 6.03 Å². The first-order chi connectivity index (χ1) is 15.0. The number of rotatable bonds is 4. The molecule has 1 fully saturated rings. The molecule has 0 spiro atoms. The third-order valence-corrected chi connectivity index (χ3v) is 5.51. The molecule has 156 valence electrons. The molecule has 2 aromatic carbocycles. The third-order valence-electron chi connectivity index (χ3n) is 5.51. The minimum atomic E-state index is -0.978. The first kappa shape index (κ1) is 19.1. The average molecular weight is 419 g/mol. The summed E-state index contributed by atoms with van der Waals surface area (Å²) in [5.74, 6) is -0.155. The van der Waals surface area contributed by atoms with Crippen LogP contribution in [0.1, 0.15) is 21.5 Å². The monoisotopic (exact) mass is 419 g/mol. The molecule has 3 amide bonds. The summed E-state index contributed by atoms with van der Waals surface area (Å²) in [6.45, 7) is 0.598. The zero-order valence-corrected chi connectivity index (χ0v) is 16.3. The Labute approximate surface area is 177 Å². The number of carbonyl (C=O) groups is 2. The second kappa shape index (κ2) is 7.44. The second-order valence-electron chi connectivity index (χ2n) is 7.54. The van der Waals surface area contributed by atoms with Crippen molar-refractivity contribution >= 4 is 11.9 Å². The molecular weight excluding hydrogens is 401 g/mol. The van der Waals surface area contributed by atoms with Gasteiger partial charge < -0.3 is 10.2 Å². The van der Waals surface area contributed by atoms with Gasteiger partial charge in [-0.3, -0.25) is 9.63 Å². The van der Waals surface area contributed by atoms with Gasteiger partial charge in [-0.15, -0.1) is 0 Å². The van der Waals surface area contributed by atoms with E-state index in [4.69, 9.17) is 4.84 Å². The molecule has 1 atom stereocenters. The Morgan fingerprint density at radius 1 is 1.10 bits per heavy atom. The lowest BCUT2D eigenvalue weighted by atomic mass is 9.88. The SMILES string of the molecule is O=C1NOC[C@](CN2Cc3ccc(F)cc3C2=O)(c2ccc(-c3ncccn3)cc2)N1. The molecule has 9 heteroatoms.